The second-order valence-electron chi connectivity index (χ2n) is 8.11. The normalized spacial score (nSPS) is 17.7. The summed E-state index contributed by atoms with van der Waals surface area (Å²) >= 11 is 6.50. The number of anilines is 2. The molecule has 1 amide bonds. The standard InChI is InChI=1S/C23H28ClN5O4/c1-4-33-23(31)29-11-9-28(10-12-29)16-7-5-15(6-8-16)21-25-20(24)18-13-17(14-19(30)32-3)27(2)22(18)26-21/h5-8,17H,4,9-14H2,1-3H3. The quantitative estimate of drug-likeness (QED) is 0.483. The topological polar surface area (TPSA) is 88.1 Å². The van der Waals surface area contributed by atoms with Gasteiger partial charge in [0.1, 0.15) is 11.0 Å². The fourth-order valence-corrected chi connectivity index (χ4v) is 4.50. The number of hydrogen-bond donors (Lipinski definition) is 0. The Morgan fingerprint density at radius 1 is 1.12 bits per heavy atom. The number of likely N-dealkylation sites (N-methyl/N-ethyl adjacent to an activating group) is 1. The first kappa shape index (κ1) is 23.1. The lowest BCUT2D eigenvalue weighted by atomic mass is 10.1. The smallest absolute Gasteiger partial charge is 0.409 e. The lowest BCUT2D eigenvalue weighted by Gasteiger charge is -2.35. The zero-order chi connectivity index (χ0) is 23.5. The lowest BCUT2D eigenvalue weighted by molar-refractivity contribution is -0.140. The average molecular weight is 474 g/mol. The maximum absolute atomic E-state index is 11.9. The van der Waals surface area contributed by atoms with Gasteiger partial charge in [0, 0.05) is 62.5 Å². The summed E-state index contributed by atoms with van der Waals surface area (Å²) in [6, 6.07) is 7.97. The van der Waals surface area contributed by atoms with Gasteiger partial charge >= 0.3 is 12.1 Å². The van der Waals surface area contributed by atoms with Gasteiger partial charge in [0.05, 0.1) is 20.1 Å². The van der Waals surface area contributed by atoms with E-state index in [0.717, 1.165) is 35.7 Å². The summed E-state index contributed by atoms with van der Waals surface area (Å²) in [6.45, 7) is 4.94. The fraction of sp³-hybridized carbons (Fsp3) is 0.478. The number of hydrogen-bond acceptors (Lipinski definition) is 8. The van der Waals surface area contributed by atoms with Crippen LogP contribution < -0.4 is 9.80 Å². The van der Waals surface area contributed by atoms with Crippen LogP contribution in [0.15, 0.2) is 24.3 Å². The second-order valence-corrected chi connectivity index (χ2v) is 8.47. The molecule has 2 aromatic rings. The van der Waals surface area contributed by atoms with Crippen LogP contribution in [0.1, 0.15) is 18.9 Å². The minimum Gasteiger partial charge on any atom is -0.469 e. The molecule has 10 heteroatoms. The average Bonchev–Trinajstić information content (AvgIpc) is 3.15. The highest BCUT2D eigenvalue weighted by Gasteiger charge is 2.33. The molecule has 0 N–H and O–H groups in total. The van der Waals surface area contributed by atoms with Gasteiger partial charge in [0.25, 0.3) is 0 Å². The summed E-state index contributed by atoms with van der Waals surface area (Å²) < 4.78 is 9.89. The number of benzene rings is 1. The molecular formula is C23H28ClN5O4. The van der Waals surface area contributed by atoms with Crippen molar-refractivity contribution in [1.82, 2.24) is 14.9 Å². The first-order valence-corrected chi connectivity index (χ1v) is 11.4. The van der Waals surface area contributed by atoms with E-state index in [1.54, 1.807) is 4.90 Å². The Bertz CT molecular complexity index is 1020. The van der Waals surface area contributed by atoms with Crippen molar-refractivity contribution in [1.29, 1.82) is 0 Å². The van der Waals surface area contributed by atoms with Crippen molar-refractivity contribution in [3.05, 3.63) is 35.0 Å². The predicted octanol–water partition coefficient (Wildman–Crippen LogP) is 3.00. The second kappa shape index (κ2) is 9.82. The van der Waals surface area contributed by atoms with E-state index in [4.69, 9.17) is 26.1 Å². The molecule has 176 valence electrons. The Labute approximate surface area is 198 Å². The number of carbonyl (C=O) groups excluding carboxylic acids is 2. The van der Waals surface area contributed by atoms with Gasteiger partial charge in [-0.1, -0.05) is 11.6 Å². The Morgan fingerprint density at radius 3 is 2.45 bits per heavy atom. The van der Waals surface area contributed by atoms with E-state index in [1.807, 2.05) is 43.1 Å². The van der Waals surface area contributed by atoms with Crippen LogP contribution in [0.5, 0.6) is 0 Å². The molecule has 3 heterocycles. The molecule has 0 saturated carbocycles. The maximum Gasteiger partial charge on any atom is 0.409 e. The van der Waals surface area contributed by atoms with E-state index >= 15 is 0 Å². The van der Waals surface area contributed by atoms with Gasteiger partial charge in [-0.05, 0) is 31.2 Å². The summed E-state index contributed by atoms with van der Waals surface area (Å²) in [6.07, 6.45) is 0.626. The van der Waals surface area contributed by atoms with E-state index in [2.05, 4.69) is 9.88 Å². The number of esters is 1. The SMILES string of the molecule is CCOC(=O)N1CCN(c2ccc(-c3nc(Cl)c4c(n3)N(C)C(CC(=O)OC)C4)cc2)CC1. The molecule has 9 nitrogen and oxygen atoms in total. The number of ether oxygens (including phenoxy) is 2. The molecule has 33 heavy (non-hydrogen) atoms. The van der Waals surface area contributed by atoms with Gasteiger partial charge < -0.3 is 24.2 Å². The van der Waals surface area contributed by atoms with Crippen molar-refractivity contribution in [3.63, 3.8) is 0 Å². The van der Waals surface area contributed by atoms with Crippen molar-refractivity contribution in [2.45, 2.75) is 25.8 Å². The number of halogens is 1. The third kappa shape index (κ3) is 4.83. The van der Waals surface area contributed by atoms with Crippen molar-refractivity contribution < 1.29 is 19.1 Å². The highest BCUT2D eigenvalue weighted by Crippen LogP contribution is 2.36. The molecule has 0 aliphatic carbocycles. The Balaban J connectivity index is 1.46. The van der Waals surface area contributed by atoms with Crippen LogP contribution in [-0.2, 0) is 20.7 Å². The molecular weight excluding hydrogens is 446 g/mol. The summed E-state index contributed by atoms with van der Waals surface area (Å²) in [5, 5.41) is 0.411. The molecule has 0 bridgehead atoms. The van der Waals surface area contributed by atoms with Gasteiger partial charge in [-0.15, -0.1) is 0 Å². The van der Waals surface area contributed by atoms with E-state index in [-0.39, 0.29) is 24.5 Å². The first-order valence-electron chi connectivity index (χ1n) is 11.0. The van der Waals surface area contributed by atoms with Gasteiger partial charge in [-0.2, -0.15) is 0 Å². The Kier molecular flexibility index (Phi) is 6.88. The zero-order valence-electron chi connectivity index (χ0n) is 19.1. The highest BCUT2D eigenvalue weighted by molar-refractivity contribution is 6.30. The lowest BCUT2D eigenvalue weighted by Crippen LogP contribution is -2.49. The molecule has 4 rings (SSSR count). The molecule has 1 fully saturated rings. The third-order valence-electron chi connectivity index (χ3n) is 6.18. The summed E-state index contributed by atoms with van der Waals surface area (Å²) in [7, 11) is 3.30. The number of piperazine rings is 1. The Morgan fingerprint density at radius 2 is 1.82 bits per heavy atom. The number of methoxy groups -OCH3 is 1. The van der Waals surface area contributed by atoms with E-state index < -0.39 is 0 Å². The van der Waals surface area contributed by atoms with Crippen LogP contribution >= 0.6 is 11.6 Å². The molecule has 2 aliphatic heterocycles. The number of nitrogens with zero attached hydrogens (tertiary/aromatic N) is 5. The molecule has 1 saturated heterocycles. The molecule has 0 radical (unpaired) electrons. The van der Waals surface area contributed by atoms with Gasteiger partial charge in [0.15, 0.2) is 5.82 Å². The van der Waals surface area contributed by atoms with Crippen LogP contribution in [0.3, 0.4) is 0 Å². The third-order valence-corrected chi connectivity index (χ3v) is 6.50. The largest absolute Gasteiger partial charge is 0.469 e. The molecule has 1 unspecified atom stereocenters. The minimum absolute atomic E-state index is 0.0508. The molecule has 1 aromatic carbocycles. The van der Waals surface area contributed by atoms with E-state index in [9.17, 15) is 9.59 Å². The minimum atomic E-state index is -0.261. The van der Waals surface area contributed by atoms with Gasteiger partial charge in [0.2, 0.25) is 0 Å². The zero-order valence-corrected chi connectivity index (χ0v) is 19.8. The van der Waals surface area contributed by atoms with Crippen LogP contribution in [0.25, 0.3) is 11.4 Å². The van der Waals surface area contributed by atoms with Gasteiger partial charge in [-0.3, -0.25) is 4.79 Å². The van der Waals surface area contributed by atoms with Crippen LogP contribution in [-0.4, -0.2) is 79.9 Å². The van der Waals surface area contributed by atoms with Crippen molar-refractivity contribution >= 4 is 35.2 Å². The van der Waals surface area contributed by atoms with Crippen LogP contribution in [0.4, 0.5) is 16.3 Å². The van der Waals surface area contributed by atoms with Gasteiger partial charge in [-0.25, -0.2) is 14.8 Å². The molecule has 1 atom stereocenters. The Hall–Kier alpha value is -3.07. The number of fused-ring (bicyclic) bond motifs is 1. The molecule has 0 spiro atoms. The summed E-state index contributed by atoms with van der Waals surface area (Å²) in [4.78, 5) is 38.8. The van der Waals surface area contributed by atoms with Crippen molar-refractivity contribution in [2.24, 2.45) is 0 Å². The summed E-state index contributed by atoms with van der Waals surface area (Å²) in [5.41, 5.74) is 2.79. The maximum atomic E-state index is 11.9. The fourth-order valence-electron chi connectivity index (χ4n) is 4.26. The molecule has 1 aromatic heterocycles. The highest BCUT2D eigenvalue weighted by atomic mass is 35.5. The first-order chi connectivity index (χ1) is 15.9. The number of amides is 1. The van der Waals surface area contributed by atoms with Crippen molar-refractivity contribution in [2.75, 3.05) is 56.7 Å². The van der Waals surface area contributed by atoms with Crippen molar-refractivity contribution in [3.8, 4) is 11.4 Å². The number of rotatable bonds is 5. The van der Waals surface area contributed by atoms with E-state index in [1.165, 1.54) is 7.11 Å². The van der Waals surface area contributed by atoms with Crippen LogP contribution in [0, 0.1) is 0 Å². The van der Waals surface area contributed by atoms with E-state index in [0.29, 0.717) is 37.1 Å². The predicted molar refractivity (Wildman–Crippen MR) is 126 cm³/mol. The number of carbonyl (C=O) groups is 2. The van der Waals surface area contributed by atoms with Crippen LogP contribution in [0.2, 0.25) is 5.15 Å². The molecule has 2 aliphatic rings. The monoisotopic (exact) mass is 473 g/mol. The summed E-state index contributed by atoms with van der Waals surface area (Å²) in [5.74, 6) is 1.03. The number of aromatic nitrogens is 2.